The molecule has 1 aromatic rings. The molecule has 1 saturated heterocycles. The molecule has 0 unspecified atom stereocenters. The molecule has 0 aromatic heterocycles. The van der Waals surface area contributed by atoms with Gasteiger partial charge in [-0.1, -0.05) is 84.8 Å². The normalized spacial score (nSPS) is 29.9. The number of carbonyl (C=O) groups excluding carboxylic acids is 4. The Hall–Kier alpha value is -2.27. The largest absolute Gasteiger partial charge is 0.391 e. The molecule has 3 N–H and O–H groups in total. The highest BCUT2D eigenvalue weighted by atomic mass is 127. The molecule has 3 aliphatic rings. The van der Waals surface area contributed by atoms with Crippen molar-refractivity contribution in [3.05, 3.63) is 48.0 Å². The average Bonchev–Trinajstić information content (AvgIpc) is 3.50. The predicted molar refractivity (Wildman–Crippen MR) is 159 cm³/mol. The zero-order chi connectivity index (χ0) is 28.4. The van der Waals surface area contributed by atoms with E-state index in [4.69, 9.17) is 0 Å². The van der Waals surface area contributed by atoms with Gasteiger partial charge in [0.1, 0.15) is 0 Å². The third-order valence-electron chi connectivity index (χ3n) is 8.05. The third-order valence-corrected chi connectivity index (χ3v) is 8.05. The molecule has 2 heterocycles. The lowest BCUT2D eigenvalue weighted by Crippen LogP contribution is -2.46. The Bertz CT molecular complexity index is 1030. The molecule has 4 rings (SSSR count). The highest BCUT2D eigenvalue weighted by Crippen LogP contribution is 2.57. The number of carbonyl (C=O) groups is 4. The van der Waals surface area contributed by atoms with Gasteiger partial charge in [-0.15, -0.1) is 0 Å². The van der Waals surface area contributed by atoms with Crippen LogP contribution in [0.3, 0.4) is 0 Å². The van der Waals surface area contributed by atoms with Crippen molar-refractivity contribution >= 4 is 46.1 Å². The fourth-order valence-corrected chi connectivity index (χ4v) is 5.67. The summed E-state index contributed by atoms with van der Waals surface area (Å²) < 4.78 is 0. The minimum Gasteiger partial charge on any atom is -0.391 e. The van der Waals surface area contributed by atoms with Crippen LogP contribution in [0.15, 0.2) is 42.5 Å². The number of halogens is 1. The molecule has 39 heavy (non-hydrogen) atoms. The van der Waals surface area contributed by atoms with E-state index in [1.807, 2.05) is 48.3 Å². The zero-order valence-electron chi connectivity index (χ0n) is 23.0. The van der Waals surface area contributed by atoms with Crippen LogP contribution in [-0.4, -0.2) is 63.7 Å². The van der Waals surface area contributed by atoms with Crippen LogP contribution in [0.1, 0.15) is 63.9 Å². The van der Waals surface area contributed by atoms with Crippen LogP contribution in [0.2, 0.25) is 0 Å². The Morgan fingerprint density at radius 3 is 2.59 bits per heavy atom. The molecule has 2 fully saturated rings. The van der Waals surface area contributed by atoms with E-state index in [0.29, 0.717) is 13.0 Å². The smallest absolute Gasteiger partial charge is 0.239 e. The number of hydrogen-bond donors (Lipinski definition) is 3. The van der Waals surface area contributed by atoms with Gasteiger partial charge in [-0.05, 0) is 42.1 Å². The first kappa shape index (κ1) is 31.3. The lowest BCUT2D eigenvalue weighted by atomic mass is 9.90. The minimum absolute atomic E-state index is 0.00494. The topological polar surface area (TPSA) is 116 Å². The molecule has 0 bridgehead atoms. The predicted octanol–water partition coefficient (Wildman–Crippen LogP) is 3.55. The summed E-state index contributed by atoms with van der Waals surface area (Å²) >= 11 is 2.15. The van der Waals surface area contributed by atoms with Crippen LogP contribution in [0, 0.1) is 17.3 Å². The number of nitrogens with one attached hydrogen (secondary N) is 2. The lowest BCUT2D eigenvalue weighted by molar-refractivity contribution is -0.142. The standard InChI is InChI=1S/C29H39N3O5.CH3I/c1-20-10-6-3-2-4-9-13-22-15-29(22,16-25(34)24-14-23(33)19-32(24)27(20)36)28(37)31-18-26(35)30-17-21-11-7-5-8-12-21;1-2/h5,7-9,11-13,20,22-24,33H,2-4,6,10,14-19H2,1H3,(H,30,35)(H,31,37);1H3/b13-9-;/t20-,22+,23+,24-,29+;/m0./s1. The molecule has 2 aliphatic heterocycles. The Balaban J connectivity index is 0.00000205. The highest BCUT2D eigenvalue weighted by Gasteiger charge is 2.60. The number of rotatable bonds is 5. The van der Waals surface area contributed by atoms with Crippen LogP contribution >= 0.6 is 22.6 Å². The van der Waals surface area contributed by atoms with E-state index in [1.54, 1.807) is 0 Å². The number of amides is 3. The van der Waals surface area contributed by atoms with E-state index in [9.17, 15) is 24.3 Å². The first-order valence-electron chi connectivity index (χ1n) is 13.9. The van der Waals surface area contributed by atoms with E-state index in [2.05, 4.69) is 39.3 Å². The first-order chi connectivity index (χ1) is 18.8. The number of nitrogens with zero attached hydrogens (tertiary/aromatic N) is 1. The number of aliphatic hydroxyl groups excluding tert-OH is 1. The van der Waals surface area contributed by atoms with Gasteiger partial charge < -0.3 is 20.6 Å². The lowest BCUT2D eigenvalue weighted by Gasteiger charge is -2.27. The molecule has 0 radical (unpaired) electrons. The van der Waals surface area contributed by atoms with Gasteiger partial charge in [0.2, 0.25) is 17.7 Å². The number of ketones is 1. The van der Waals surface area contributed by atoms with E-state index in [0.717, 1.165) is 37.7 Å². The fourth-order valence-electron chi connectivity index (χ4n) is 5.67. The summed E-state index contributed by atoms with van der Waals surface area (Å²) in [6.07, 6.45) is 8.75. The average molecular weight is 652 g/mol. The van der Waals surface area contributed by atoms with Gasteiger partial charge in [-0.25, -0.2) is 0 Å². The molecule has 5 atom stereocenters. The van der Waals surface area contributed by atoms with E-state index in [-0.39, 0.29) is 61.3 Å². The van der Waals surface area contributed by atoms with Crippen molar-refractivity contribution in [3.63, 3.8) is 0 Å². The van der Waals surface area contributed by atoms with Gasteiger partial charge in [0.05, 0.1) is 24.1 Å². The molecule has 9 heteroatoms. The zero-order valence-corrected chi connectivity index (χ0v) is 25.2. The van der Waals surface area contributed by atoms with Gasteiger partial charge in [0.15, 0.2) is 5.78 Å². The quantitative estimate of drug-likeness (QED) is 0.256. The van der Waals surface area contributed by atoms with Gasteiger partial charge in [0, 0.05) is 31.8 Å². The maximum absolute atomic E-state index is 13.5. The summed E-state index contributed by atoms with van der Waals surface area (Å²) in [7, 11) is 0. The van der Waals surface area contributed by atoms with Crippen molar-refractivity contribution in [3.8, 4) is 0 Å². The van der Waals surface area contributed by atoms with Gasteiger partial charge in [0.25, 0.3) is 0 Å². The summed E-state index contributed by atoms with van der Waals surface area (Å²) in [5, 5.41) is 15.8. The second kappa shape index (κ2) is 14.9. The SMILES string of the molecule is CI.C[C@H]1CCCCC/C=C\[C@@H]2C[C@@]2(C(=O)NCC(=O)NCc2ccccc2)CC(=O)[C@@H]2C[C@@H](O)CN2C1=O. The molecule has 1 saturated carbocycles. The van der Waals surface area contributed by atoms with Crippen molar-refractivity contribution in [1.29, 1.82) is 0 Å². The number of allylic oxidation sites excluding steroid dienone is 2. The van der Waals surface area contributed by atoms with Crippen LogP contribution < -0.4 is 10.6 Å². The summed E-state index contributed by atoms with van der Waals surface area (Å²) in [6.45, 7) is 2.25. The summed E-state index contributed by atoms with van der Waals surface area (Å²) in [5.41, 5.74) is 0.0502. The van der Waals surface area contributed by atoms with Gasteiger partial charge in [-0.3, -0.25) is 19.2 Å². The summed E-state index contributed by atoms with van der Waals surface area (Å²) in [4.78, 5) is 55.8. The van der Waals surface area contributed by atoms with Crippen LogP contribution in [0.25, 0.3) is 0 Å². The Morgan fingerprint density at radius 2 is 1.85 bits per heavy atom. The van der Waals surface area contributed by atoms with Crippen LogP contribution in [-0.2, 0) is 25.7 Å². The molecular weight excluding hydrogens is 609 g/mol. The minimum atomic E-state index is -0.915. The maximum Gasteiger partial charge on any atom is 0.239 e. The summed E-state index contributed by atoms with van der Waals surface area (Å²) in [5.74, 6) is -1.17. The fraction of sp³-hybridized carbons (Fsp3) is 0.600. The van der Waals surface area contributed by atoms with Crippen LogP contribution in [0.4, 0.5) is 0 Å². The number of hydrogen-bond acceptors (Lipinski definition) is 5. The maximum atomic E-state index is 13.5. The molecule has 0 spiro atoms. The van der Waals surface area contributed by atoms with Gasteiger partial charge in [-0.2, -0.15) is 0 Å². The Morgan fingerprint density at radius 1 is 1.10 bits per heavy atom. The van der Waals surface area contributed by atoms with Crippen molar-refractivity contribution in [1.82, 2.24) is 15.5 Å². The number of alkyl halides is 1. The molecule has 8 nitrogen and oxygen atoms in total. The number of fused-ring (bicyclic) bond motifs is 2. The highest BCUT2D eigenvalue weighted by molar-refractivity contribution is 14.1. The molecule has 3 amide bonds. The Labute approximate surface area is 245 Å². The number of benzene rings is 1. The van der Waals surface area contributed by atoms with E-state index < -0.39 is 17.6 Å². The van der Waals surface area contributed by atoms with Crippen molar-refractivity contribution in [2.24, 2.45) is 17.3 Å². The van der Waals surface area contributed by atoms with E-state index >= 15 is 0 Å². The number of aliphatic hydroxyl groups is 1. The second-order valence-electron chi connectivity index (χ2n) is 10.9. The first-order valence-corrected chi connectivity index (χ1v) is 16.1. The number of Topliss-reactive ketones (excluding diaryl/α,β-unsaturated/α-hetero) is 1. The molecular formula is C30H42IN3O5. The van der Waals surface area contributed by atoms with Crippen molar-refractivity contribution < 1.29 is 24.3 Å². The second-order valence-corrected chi connectivity index (χ2v) is 10.9. The molecule has 214 valence electrons. The summed E-state index contributed by atoms with van der Waals surface area (Å²) in [6, 6.07) is 8.82. The molecule has 1 aliphatic carbocycles. The molecule has 1 aromatic carbocycles. The van der Waals surface area contributed by atoms with Crippen molar-refractivity contribution in [2.75, 3.05) is 18.0 Å². The van der Waals surface area contributed by atoms with Gasteiger partial charge >= 0.3 is 0 Å². The van der Waals surface area contributed by atoms with Crippen molar-refractivity contribution in [2.45, 2.75) is 77.0 Å². The van der Waals surface area contributed by atoms with Crippen LogP contribution in [0.5, 0.6) is 0 Å². The third kappa shape index (κ3) is 8.36. The monoisotopic (exact) mass is 651 g/mol. The Kier molecular flexibility index (Phi) is 12.0. The van der Waals surface area contributed by atoms with E-state index in [1.165, 1.54) is 4.90 Å².